The lowest BCUT2D eigenvalue weighted by molar-refractivity contribution is -0.118. The minimum atomic E-state index is -0.198. The van der Waals surface area contributed by atoms with Gasteiger partial charge in [-0.15, -0.1) is 0 Å². The molecular formula is C17H16N2O3. The van der Waals surface area contributed by atoms with Gasteiger partial charge >= 0.3 is 0 Å². The number of carbonyl (C=O) groups is 2. The Kier molecular flexibility index (Phi) is 3.78. The minimum absolute atomic E-state index is 0.0199. The fraction of sp³-hybridized carbons (Fsp3) is 0.176. The summed E-state index contributed by atoms with van der Waals surface area (Å²) in [5, 5.41) is 5.54. The van der Waals surface area contributed by atoms with Crippen molar-refractivity contribution in [1.82, 2.24) is 0 Å². The number of nitrogens with one attached hydrogen (secondary N) is 2. The van der Waals surface area contributed by atoms with E-state index >= 15 is 0 Å². The van der Waals surface area contributed by atoms with Crippen molar-refractivity contribution in [1.29, 1.82) is 0 Å². The number of carbonyl (C=O) groups excluding carboxylic acids is 2. The monoisotopic (exact) mass is 296 g/mol. The van der Waals surface area contributed by atoms with Crippen LogP contribution < -0.4 is 15.4 Å². The highest BCUT2D eigenvalue weighted by molar-refractivity contribution is 5.98. The summed E-state index contributed by atoms with van der Waals surface area (Å²) in [6.45, 7) is 2.01. The molecule has 2 amide bonds. The number of ether oxygens (including phenoxy) is 1. The molecule has 5 heteroatoms. The van der Waals surface area contributed by atoms with Gasteiger partial charge < -0.3 is 15.4 Å². The summed E-state index contributed by atoms with van der Waals surface area (Å²) in [7, 11) is 0. The molecule has 22 heavy (non-hydrogen) atoms. The first kappa shape index (κ1) is 14.1. The summed E-state index contributed by atoms with van der Waals surface area (Å²) < 4.78 is 5.28. The molecule has 2 aromatic carbocycles. The van der Waals surface area contributed by atoms with Crippen molar-refractivity contribution in [2.24, 2.45) is 0 Å². The maximum Gasteiger partial charge on any atom is 0.262 e. The van der Waals surface area contributed by atoms with Crippen LogP contribution in [-0.2, 0) is 16.0 Å². The molecule has 1 aliphatic rings. The number of rotatable bonds is 3. The summed E-state index contributed by atoms with van der Waals surface area (Å²) in [6.07, 6.45) is 0.307. The Balaban J connectivity index is 1.69. The lowest BCUT2D eigenvalue weighted by atomic mass is 10.1. The molecule has 0 radical (unpaired) electrons. The van der Waals surface area contributed by atoms with E-state index in [0.717, 1.165) is 11.1 Å². The molecule has 0 atom stereocenters. The fourth-order valence-electron chi connectivity index (χ4n) is 2.37. The zero-order chi connectivity index (χ0) is 15.5. The summed E-state index contributed by atoms with van der Waals surface area (Å²) >= 11 is 0. The second-order valence-electron chi connectivity index (χ2n) is 5.26. The molecule has 0 fully saturated rings. The van der Waals surface area contributed by atoms with Crippen molar-refractivity contribution in [3.8, 4) is 5.75 Å². The van der Waals surface area contributed by atoms with Crippen molar-refractivity contribution in [2.75, 3.05) is 17.2 Å². The van der Waals surface area contributed by atoms with E-state index in [9.17, 15) is 9.59 Å². The molecule has 0 aromatic heterocycles. The van der Waals surface area contributed by atoms with Crippen molar-refractivity contribution in [3.63, 3.8) is 0 Å². The van der Waals surface area contributed by atoms with Crippen LogP contribution >= 0.6 is 0 Å². The van der Waals surface area contributed by atoms with Gasteiger partial charge in [0.2, 0.25) is 5.91 Å². The number of hydrogen-bond donors (Lipinski definition) is 2. The Morgan fingerprint density at radius 1 is 1.27 bits per heavy atom. The van der Waals surface area contributed by atoms with E-state index in [0.29, 0.717) is 23.5 Å². The molecule has 0 aliphatic carbocycles. The van der Waals surface area contributed by atoms with E-state index in [1.807, 2.05) is 31.2 Å². The molecule has 0 unspecified atom stereocenters. The molecule has 0 bridgehead atoms. The molecule has 1 heterocycles. The second-order valence-corrected chi connectivity index (χ2v) is 5.26. The van der Waals surface area contributed by atoms with Crippen LogP contribution in [0.5, 0.6) is 5.75 Å². The van der Waals surface area contributed by atoms with Crippen LogP contribution in [0.15, 0.2) is 42.5 Å². The molecule has 2 aromatic rings. The topological polar surface area (TPSA) is 67.4 Å². The van der Waals surface area contributed by atoms with E-state index in [4.69, 9.17) is 4.74 Å². The highest BCUT2D eigenvalue weighted by atomic mass is 16.5. The summed E-state index contributed by atoms with van der Waals surface area (Å²) in [5.74, 6) is 0.306. The van der Waals surface area contributed by atoms with Crippen LogP contribution in [0, 0.1) is 6.92 Å². The van der Waals surface area contributed by atoms with E-state index in [2.05, 4.69) is 10.6 Å². The van der Waals surface area contributed by atoms with Gasteiger partial charge in [0.15, 0.2) is 6.61 Å². The third kappa shape index (κ3) is 3.25. The summed E-state index contributed by atoms with van der Waals surface area (Å²) in [4.78, 5) is 23.4. The standard InChI is InChI=1S/C17H16N2O3/c1-11-3-2-4-12(7-11)8-16(20)18-13-5-6-15-14(9-13)19-17(21)10-22-15/h2-7,9H,8,10H2,1H3,(H,18,20)(H,19,21). The third-order valence-electron chi connectivity index (χ3n) is 3.34. The Labute approximate surface area is 128 Å². The van der Waals surface area contributed by atoms with Crippen LogP contribution in [0.4, 0.5) is 11.4 Å². The second kappa shape index (κ2) is 5.89. The van der Waals surface area contributed by atoms with Gasteiger partial charge in [0.25, 0.3) is 5.91 Å². The van der Waals surface area contributed by atoms with E-state index < -0.39 is 0 Å². The molecule has 0 saturated carbocycles. The van der Waals surface area contributed by atoms with Gasteiger partial charge in [0.1, 0.15) is 5.75 Å². The van der Waals surface area contributed by atoms with Gasteiger partial charge in [-0.25, -0.2) is 0 Å². The van der Waals surface area contributed by atoms with Crippen LogP contribution in [0.2, 0.25) is 0 Å². The average molecular weight is 296 g/mol. The minimum Gasteiger partial charge on any atom is -0.482 e. The molecule has 0 saturated heterocycles. The highest BCUT2D eigenvalue weighted by Gasteiger charge is 2.16. The number of hydrogen-bond acceptors (Lipinski definition) is 3. The van der Waals surface area contributed by atoms with Crippen molar-refractivity contribution in [2.45, 2.75) is 13.3 Å². The van der Waals surface area contributed by atoms with Gasteiger partial charge in [0.05, 0.1) is 12.1 Å². The first-order valence-electron chi connectivity index (χ1n) is 7.02. The Morgan fingerprint density at radius 2 is 2.14 bits per heavy atom. The first-order valence-corrected chi connectivity index (χ1v) is 7.02. The Bertz CT molecular complexity index is 740. The van der Waals surface area contributed by atoms with E-state index in [1.165, 1.54) is 0 Å². The van der Waals surface area contributed by atoms with Gasteiger partial charge in [-0.3, -0.25) is 9.59 Å². The fourth-order valence-corrected chi connectivity index (χ4v) is 2.37. The Morgan fingerprint density at radius 3 is 2.95 bits per heavy atom. The molecule has 2 N–H and O–H groups in total. The van der Waals surface area contributed by atoms with Crippen LogP contribution in [0.3, 0.4) is 0 Å². The van der Waals surface area contributed by atoms with Crippen molar-refractivity contribution < 1.29 is 14.3 Å². The van der Waals surface area contributed by atoms with E-state index in [1.54, 1.807) is 18.2 Å². The quantitative estimate of drug-likeness (QED) is 0.914. The molecule has 5 nitrogen and oxygen atoms in total. The smallest absolute Gasteiger partial charge is 0.262 e. The molecule has 0 spiro atoms. The number of benzene rings is 2. The lowest BCUT2D eigenvalue weighted by Gasteiger charge is -2.18. The van der Waals surface area contributed by atoms with Gasteiger partial charge in [-0.1, -0.05) is 29.8 Å². The van der Waals surface area contributed by atoms with Crippen molar-refractivity contribution in [3.05, 3.63) is 53.6 Å². The number of anilines is 2. The van der Waals surface area contributed by atoms with Gasteiger partial charge in [-0.05, 0) is 30.7 Å². The highest BCUT2D eigenvalue weighted by Crippen LogP contribution is 2.30. The zero-order valence-corrected chi connectivity index (χ0v) is 12.2. The van der Waals surface area contributed by atoms with Crippen molar-refractivity contribution >= 4 is 23.2 Å². The van der Waals surface area contributed by atoms with Gasteiger partial charge in [0, 0.05) is 5.69 Å². The predicted octanol–water partition coefficient (Wildman–Crippen LogP) is 2.51. The largest absolute Gasteiger partial charge is 0.482 e. The maximum absolute atomic E-state index is 12.1. The van der Waals surface area contributed by atoms with Crippen LogP contribution in [0.1, 0.15) is 11.1 Å². The van der Waals surface area contributed by atoms with Crippen LogP contribution in [0.25, 0.3) is 0 Å². The predicted molar refractivity (Wildman–Crippen MR) is 84.1 cm³/mol. The first-order chi connectivity index (χ1) is 10.6. The van der Waals surface area contributed by atoms with Gasteiger partial charge in [-0.2, -0.15) is 0 Å². The number of amides is 2. The zero-order valence-electron chi connectivity index (χ0n) is 12.2. The normalized spacial score (nSPS) is 12.9. The molecule has 3 rings (SSSR count). The molecular weight excluding hydrogens is 280 g/mol. The maximum atomic E-state index is 12.1. The van der Waals surface area contributed by atoms with E-state index in [-0.39, 0.29) is 18.4 Å². The Hall–Kier alpha value is -2.82. The molecule has 1 aliphatic heterocycles. The summed E-state index contributed by atoms with van der Waals surface area (Å²) in [6, 6.07) is 13.0. The number of fused-ring (bicyclic) bond motifs is 1. The molecule has 112 valence electrons. The third-order valence-corrected chi connectivity index (χ3v) is 3.34. The number of aryl methyl sites for hydroxylation is 1. The SMILES string of the molecule is Cc1cccc(CC(=O)Nc2ccc3c(c2)NC(=O)CO3)c1. The summed E-state index contributed by atoms with van der Waals surface area (Å²) in [5.41, 5.74) is 3.29. The lowest BCUT2D eigenvalue weighted by Crippen LogP contribution is -2.25. The average Bonchev–Trinajstić information content (AvgIpc) is 2.46. The van der Waals surface area contributed by atoms with Crippen LogP contribution in [-0.4, -0.2) is 18.4 Å².